The molecule has 0 aromatic heterocycles. The molecule has 0 aliphatic carbocycles. The molecule has 0 unspecified atom stereocenters. The van der Waals surface area contributed by atoms with E-state index >= 15 is 0 Å². The zero-order valence-electron chi connectivity index (χ0n) is 12.2. The number of rotatable bonds is 5. The SMILES string of the molecule is CC.CC(C)CCCc1ccc(S(C)(=O)=O)cc1. The van der Waals surface area contributed by atoms with Gasteiger partial charge in [0.1, 0.15) is 0 Å². The molecule has 1 aromatic rings. The molecule has 0 bridgehead atoms. The van der Waals surface area contributed by atoms with E-state index in [0.29, 0.717) is 4.90 Å². The van der Waals surface area contributed by atoms with Crippen molar-refractivity contribution in [3.05, 3.63) is 29.8 Å². The van der Waals surface area contributed by atoms with Gasteiger partial charge in [-0.3, -0.25) is 0 Å². The lowest BCUT2D eigenvalue weighted by Gasteiger charge is -2.05. The zero-order chi connectivity index (χ0) is 14.2. The van der Waals surface area contributed by atoms with E-state index in [2.05, 4.69) is 13.8 Å². The Bertz CT molecular complexity index is 416. The first-order valence-electron chi connectivity index (χ1n) is 6.68. The van der Waals surface area contributed by atoms with Gasteiger partial charge in [-0.1, -0.05) is 46.2 Å². The summed E-state index contributed by atoms with van der Waals surface area (Å²) in [6.07, 6.45) is 4.65. The third-order valence-corrected chi connectivity index (χ3v) is 3.73. The summed E-state index contributed by atoms with van der Waals surface area (Å²) in [4.78, 5) is 0.403. The van der Waals surface area contributed by atoms with Crippen molar-refractivity contribution in [1.82, 2.24) is 0 Å². The van der Waals surface area contributed by atoms with E-state index < -0.39 is 9.84 Å². The smallest absolute Gasteiger partial charge is 0.175 e. The Hall–Kier alpha value is -0.830. The Labute approximate surface area is 112 Å². The normalized spacial score (nSPS) is 11.0. The molecule has 1 aromatic carbocycles. The summed E-state index contributed by atoms with van der Waals surface area (Å²) in [7, 11) is -3.05. The van der Waals surface area contributed by atoms with Crippen molar-refractivity contribution >= 4 is 9.84 Å². The quantitative estimate of drug-likeness (QED) is 0.807. The van der Waals surface area contributed by atoms with Crippen LogP contribution in [0.2, 0.25) is 0 Å². The van der Waals surface area contributed by atoms with Gasteiger partial charge in [-0.2, -0.15) is 0 Å². The summed E-state index contributed by atoms with van der Waals surface area (Å²) in [5, 5.41) is 0. The van der Waals surface area contributed by atoms with Crippen LogP contribution in [0.15, 0.2) is 29.2 Å². The van der Waals surface area contributed by atoms with Crippen molar-refractivity contribution in [2.45, 2.75) is 51.9 Å². The van der Waals surface area contributed by atoms with Crippen molar-refractivity contribution in [2.75, 3.05) is 6.26 Å². The molecule has 0 N–H and O–H groups in total. The van der Waals surface area contributed by atoms with Crippen LogP contribution in [-0.2, 0) is 16.3 Å². The van der Waals surface area contributed by atoms with Crippen LogP contribution in [0, 0.1) is 5.92 Å². The highest BCUT2D eigenvalue weighted by Gasteiger charge is 2.05. The van der Waals surface area contributed by atoms with E-state index in [1.165, 1.54) is 18.2 Å². The molecular formula is C15H26O2S. The fourth-order valence-corrected chi connectivity index (χ4v) is 2.25. The maximum atomic E-state index is 11.2. The van der Waals surface area contributed by atoms with Crippen LogP contribution in [-0.4, -0.2) is 14.7 Å². The predicted octanol–water partition coefficient (Wildman–Crippen LogP) is 4.10. The van der Waals surface area contributed by atoms with Gasteiger partial charge in [0.25, 0.3) is 0 Å². The van der Waals surface area contributed by atoms with Crippen molar-refractivity contribution in [3.63, 3.8) is 0 Å². The first-order chi connectivity index (χ1) is 8.39. The maximum Gasteiger partial charge on any atom is 0.175 e. The Kier molecular flexibility index (Phi) is 7.92. The number of benzene rings is 1. The third-order valence-electron chi connectivity index (χ3n) is 2.60. The molecule has 0 spiro atoms. The summed E-state index contributed by atoms with van der Waals surface area (Å²) in [5.41, 5.74) is 1.22. The first kappa shape index (κ1) is 17.2. The molecule has 0 saturated heterocycles. The van der Waals surface area contributed by atoms with E-state index in [4.69, 9.17) is 0 Å². The largest absolute Gasteiger partial charge is 0.224 e. The van der Waals surface area contributed by atoms with Crippen molar-refractivity contribution < 1.29 is 8.42 Å². The van der Waals surface area contributed by atoms with Crippen molar-refractivity contribution in [3.8, 4) is 0 Å². The summed E-state index contributed by atoms with van der Waals surface area (Å²) in [6, 6.07) is 7.22. The van der Waals surface area contributed by atoms with Gasteiger partial charge in [-0.05, 0) is 36.5 Å². The van der Waals surface area contributed by atoms with Crippen LogP contribution in [0.5, 0.6) is 0 Å². The molecule has 104 valence electrons. The number of aryl methyl sites for hydroxylation is 1. The minimum absolute atomic E-state index is 0.403. The van der Waals surface area contributed by atoms with Crippen LogP contribution in [0.25, 0.3) is 0 Å². The topological polar surface area (TPSA) is 34.1 Å². The van der Waals surface area contributed by atoms with Gasteiger partial charge in [0, 0.05) is 6.26 Å². The molecule has 0 aliphatic rings. The second-order valence-corrected chi connectivity index (χ2v) is 6.72. The highest BCUT2D eigenvalue weighted by Crippen LogP contribution is 2.13. The minimum Gasteiger partial charge on any atom is -0.224 e. The lowest BCUT2D eigenvalue weighted by Crippen LogP contribution is -1.97. The van der Waals surface area contributed by atoms with Crippen LogP contribution in [0.3, 0.4) is 0 Å². The fraction of sp³-hybridized carbons (Fsp3) is 0.600. The summed E-state index contributed by atoms with van der Waals surface area (Å²) in [5.74, 6) is 0.732. The van der Waals surface area contributed by atoms with Gasteiger partial charge in [0.15, 0.2) is 9.84 Å². The van der Waals surface area contributed by atoms with E-state index in [9.17, 15) is 8.42 Å². The average molecular weight is 270 g/mol. The highest BCUT2D eigenvalue weighted by molar-refractivity contribution is 7.90. The van der Waals surface area contributed by atoms with Gasteiger partial charge in [0.05, 0.1) is 4.90 Å². The third kappa shape index (κ3) is 6.80. The molecule has 3 heteroatoms. The second-order valence-electron chi connectivity index (χ2n) is 4.70. The summed E-state index contributed by atoms with van der Waals surface area (Å²) in [6.45, 7) is 8.43. The molecular weight excluding hydrogens is 244 g/mol. The van der Waals surface area contributed by atoms with Crippen LogP contribution in [0.1, 0.15) is 46.1 Å². The molecule has 1 rings (SSSR count). The van der Waals surface area contributed by atoms with Crippen LogP contribution in [0.4, 0.5) is 0 Å². The molecule has 0 atom stereocenters. The molecule has 18 heavy (non-hydrogen) atoms. The monoisotopic (exact) mass is 270 g/mol. The Morgan fingerprint density at radius 3 is 1.94 bits per heavy atom. The van der Waals surface area contributed by atoms with Crippen molar-refractivity contribution in [2.24, 2.45) is 5.92 Å². The van der Waals surface area contributed by atoms with Gasteiger partial charge < -0.3 is 0 Å². The second kappa shape index (κ2) is 8.30. The molecule has 0 amide bonds. The molecule has 0 radical (unpaired) electrons. The first-order valence-corrected chi connectivity index (χ1v) is 8.57. The lowest BCUT2D eigenvalue weighted by atomic mass is 10.0. The predicted molar refractivity (Wildman–Crippen MR) is 78.7 cm³/mol. The Morgan fingerprint density at radius 2 is 1.56 bits per heavy atom. The highest BCUT2D eigenvalue weighted by atomic mass is 32.2. The summed E-state index contributed by atoms with van der Waals surface area (Å²) < 4.78 is 22.5. The van der Waals surface area contributed by atoms with E-state index in [1.807, 2.05) is 26.0 Å². The molecule has 0 saturated carbocycles. The lowest BCUT2D eigenvalue weighted by molar-refractivity contribution is 0.556. The van der Waals surface area contributed by atoms with Gasteiger partial charge in [-0.25, -0.2) is 8.42 Å². The molecule has 0 fully saturated rings. The Morgan fingerprint density at radius 1 is 1.06 bits per heavy atom. The van der Waals surface area contributed by atoms with Crippen molar-refractivity contribution in [1.29, 1.82) is 0 Å². The summed E-state index contributed by atoms with van der Waals surface area (Å²) >= 11 is 0. The molecule has 2 nitrogen and oxygen atoms in total. The number of sulfone groups is 1. The number of hydrogen-bond donors (Lipinski definition) is 0. The minimum atomic E-state index is -3.05. The maximum absolute atomic E-state index is 11.2. The zero-order valence-corrected chi connectivity index (χ0v) is 13.0. The fourth-order valence-electron chi connectivity index (χ4n) is 1.62. The van der Waals surface area contributed by atoms with E-state index in [0.717, 1.165) is 18.8 Å². The van der Waals surface area contributed by atoms with Crippen LogP contribution < -0.4 is 0 Å². The standard InChI is InChI=1S/C13H20O2S.C2H6/c1-11(2)5-4-6-12-7-9-13(10-8-12)16(3,14)15;1-2/h7-11H,4-6H2,1-3H3;1-2H3. The van der Waals surface area contributed by atoms with Gasteiger partial charge >= 0.3 is 0 Å². The Balaban J connectivity index is 0.00000137. The molecule has 0 aliphatic heterocycles. The van der Waals surface area contributed by atoms with E-state index in [1.54, 1.807) is 12.1 Å². The van der Waals surface area contributed by atoms with E-state index in [-0.39, 0.29) is 0 Å². The van der Waals surface area contributed by atoms with Gasteiger partial charge in [-0.15, -0.1) is 0 Å². The van der Waals surface area contributed by atoms with Gasteiger partial charge in [0.2, 0.25) is 0 Å². The number of hydrogen-bond acceptors (Lipinski definition) is 2. The van der Waals surface area contributed by atoms with Crippen LogP contribution >= 0.6 is 0 Å². The molecule has 0 heterocycles. The average Bonchev–Trinajstić information content (AvgIpc) is 2.31.